The van der Waals surface area contributed by atoms with Crippen molar-refractivity contribution >= 4 is 29.3 Å². The Morgan fingerprint density at radius 1 is 1.29 bits per heavy atom. The van der Waals surface area contributed by atoms with Crippen LogP contribution < -0.4 is 0 Å². The molecule has 0 aromatic rings. The van der Waals surface area contributed by atoms with E-state index >= 15 is 0 Å². The molecule has 0 aromatic carbocycles. The Bertz CT molecular complexity index is 194. The molecule has 0 radical (unpaired) electrons. The number of thioether (sulfide) groups is 2. The van der Waals surface area contributed by atoms with E-state index in [0.717, 1.165) is 31.2 Å². The van der Waals surface area contributed by atoms with Crippen LogP contribution in [-0.2, 0) is 4.79 Å². The molecular weight excluding hydrogens is 214 g/mol. The standard InChI is InChI=1S/C10H17NOS2/c12-9-1-3-11(4-2-9)7-10-8-13-5-6-14-10/h10H,1-8H2. The molecule has 2 aliphatic rings. The van der Waals surface area contributed by atoms with Crippen molar-refractivity contribution in [1.29, 1.82) is 0 Å². The third-order valence-electron chi connectivity index (χ3n) is 2.76. The van der Waals surface area contributed by atoms with Gasteiger partial charge in [-0.2, -0.15) is 23.5 Å². The molecule has 0 N–H and O–H groups in total. The minimum Gasteiger partial charge on any atom is -0.301 e. The lowest BCUT2D eigenvalue weighted by Gasteiger charge is -2.31. The number of hydrogen-bond acceptors (Lipinski definition) is 4. The summed E-state index contributed by atoms with van der Waals surface area (Å²) in [6.45, 7) is 3.20. The Kier molecular flexibility index (Phi) is 4.20. The van der Waals surface area contributed by atoms with Crippen LogP contribution in [0.5, 0.6) is 0 Å². The largest absolute Gasteiger partial charge is 0.301 e. The first-order valence-corrected chi connectivity index (χ1v) is 7.48. The summed E-state index contributed by atoms with van der Waals surface area (Å²) in [5.74, 6) is 4.38. The highest BCUT2D eigenvalue weighted by Gasteiger charge is 2.21. The first-order valence-electron chi connectivity index (χ1n) is 5.28. The number of likely N-dealkylation sites (tertiary alicyclic amines) is 1. The smallest absolute Gasteiger partial charge is 0.135 e. The van der Waals surface area contributed by atoms with Crippen LogP contribution in [0.2, 0.25) is 0 Å². The zero-order chi connectivity index (χ0) is 9.80. The summed E-state index contributed by atoms with van der Waals surface area (Å²) in [5.41, 5.74) is 0. The Morgan fingerprint density at radius 3 is 2.71 bits per heavy atom. The summed E-state index contributed by atoms with van der Waals surface area (Å²) < 4.78 is 0. The van der Waals surface area contributed by atoms with Gasteiger partial charge in [0.15, 0.2) is 0 Å². The molecule has 0 aliphatic carbocycles. The average Bonchev–Trinajstić information content (AvgIpc) is 2.23. The summed E-state index contributed by atoms with van der Waals surface area (Å²) in [6, 6.07) is 0. The molecule has 0 saturated carbocycles. The minimum atomic E-state index is 0.451. The predicted molar refractivity (Wildman–Crippen MR) is 64.3 cm³/mol. The van der Waals surface area contributed by atoms with Crippen LogP contribution in [0, 0.1) is 0 Å². The SMILES string of the molecule is O=C1CCN(CC2CSCCS2)CC1. The second-order valence-corrected chi connectivity index (χ2v) is 6.47. The maximum absolute atomic E-state index is 11.1. The molecule has 2 aliphatic heterocycles. The van der Waals surface area contributed by atoms with Crippen LogP contribution in [0.15, 0.2) is 0 Å². The monoisotopic (exact) mass is 231 g/mol. The molecule has 2 fully saturated rings. The van der Waals surface area contributed by atoms with E-state index in [0.29, 0.717) is 5.78 Å². The Morgan fingerprint density at radius 2 is 2.07 bits per heavy atom. The predicted octanol–water partition coefficient (Wildman–Crippen LogP) is 1.50. The van der Waals surface area contributed by atoms with Gasteiger partial charge in [-0.1, -0.05) is 0 Å². The fourth-order valence-electron chi connectivity index (χ4n) is 1.91. The van der Waals surface area contributed by atoms with Crippen molar-refractivity contribution in [1.82, 2.24) is 4.90 Å². The zero-order valence-corrected chi connectivity index (χ0v) is 10.0. The summed E-state index contributed by atoms with van der Waals surface area (Å²) in [7, 11) is 0. The number of carbonyl (C=O) groups excluding carboxylic acids is 1. The molecule has 2 heterocycles. The van der Waals surface area contributed by atoms with Gasteiger partial charge in [-0.25, -0.2) is 0 Å². The van der Waals surface area contributed by atoms with Crippen LogP contribution in [0.1, 0.15) is 12.8 Å². The normalized spacial score (nSPS) is 30.6. The van der Waals surface area contributed by atoms with E-state index in [1.165, 1.54) is 23.8 Å². The van der Waals surface area contributed by atoms with Crippen molar-refractivity contribution in [3.05, 3.63) is 0 Å². The number of Topliss-reactive ketones (excluding diaryl/α,β-unsaturated/α-hetero) is 1. The number of rotatable bonds is 2. The lowest BCUT2D eigenvalue weighted by atomic mass is 10.1. The first-order chi connectivity index (χ1) is 6.84. The van der Waals surface area contributed by atoms with Crippen molar-refractivity contribution in [2.24, 2.45) is 0 Å². The number of nitrogens with zero attached hydrogens (tertiary/aromatic N) is 1. The summed E-state index contributed by atoms with van der Waals surface area (Å²) in [6.07, 6.45) is 1.56. The quantitative estimate of drug-likeness (QED) is 0.717. The van der Waals surface area contributed by atoms with E-state index in [-0.39, 0.29) is 0 Å². The van der Waals surface area contributed by atoms with E-state index in [1.54, 1.807) is 0 Å². The molecular formula is C10H17NOS2. The molecule has 1 unspecified atom stereocenters. The molecule has 14 heavy (non-hydrogen) atoms. The number of carbonyl (C=O) groups is 1. The van der Waals surface area contributed by atoms with E-state index in [4.69, 9.17) is 0 Å². The van der Waals surface area contributed by atoms with Gasteiger partial charge in [0.25, 0.3) is 0 Å². The van der Waals surface area contributed by atoms with Gasteiger partial charge >= 0.3 is 0 Å². The molecule has 0 bridgehead atoms. The maximum atomic E-state index is 11.1. The highest BCUT2D eigenvalue weighted by atomic mass is 32.2. The van der Waals surface area contributed by atoms with Gasteiger partial charge in [-0.15, -0.1) is 0 Å². The van der Waals surface area contributed by atoms with Gasteiger partial charge in [-0.3, -0.25) is 4.79 Å². The van der Waals surface area contributed by atoms with Crippen LogP contribution in [0.25, 0.3) is 0 Å². The topological polar surface area (TPSA) is 20.3 Å². The number of hydrogen-bond donors (Lipinski definition) is 0. The van der Waals surface area contributed by atoms with Gasteiger partial charge in [0.05, 0.1) is 0 Å². The fraction of sp³-hybridized carbons (Fsp3) is 0.900. The molecule has 2 nitrogen and oxygen atoms in total. The van der Waals surface area contributed by atoms with Crippen LogP contribution >= 0.6 is 23.5 Å². The molecule has 1 atom stereocenters. The van der Waals surface area contributed by atoms with Crippen molar-refractivity contribution in [3.63, 3.8) is 0 Å². The third kappa shape index (κ3) is 3.17. The molecule has 80 valence electrons. The van der Waals surface area contributed by atoms with Gasteiger partial charge in [0.1, 0.15) is 5.78 Å². The van der Waals surface area contributed by atoms with E-state index in [9.17, 15) is 4.79 Å². The Hall–Kier alpha value is 0.330. The Labute approximate surface area is 94.2 Å². The second-order valence-electron chi connectivity index (χ2n) is 3.91. The summed E-state index contributed by atoms with van der Waals surface area (Å²) in [5, 5.41) is 0.807. The molecule has 2 saturated heterocycles. The fourth-order valence-corrected chi connectivity index (χ4v) is 4.63. The highest BCUT2D eigenvalue weighted by Crippen LogP contribution is 2.25. The molecule has 0 amide bonds. The maximum Gasteiger partial charge on any atom is 0.135 e. The average molecular weight is 231 g/mol. The van der Waals surface area contributed by atoms with E-state index in [1.807, 2.05) is 0 Å². The van der Waals surface area contributed by atoms with Crippen molar-refractivity contribution < 1.29 is 4.79 Å². The lowest BCUT2D eigenvalue weighted by Crippen LogP contribution is -2.39. The van der Waals surface area contributed by atoms with E-state index < -0.39 is 0 Å². The summed E-state index contributed by atoms with van der Waals surface area (Å²) >= 11 is 4.19. The second kappa shape index (κ2) is 5.42. The zero-order valence-electron chi connectivity index (χ0n) is 8.41. The minimum absolute atomic E-state index is 0.451. The van der Waals surface area contributed by atoms with Crippen LogP contribution in [0.4, 0.5) is 0 Å². The third-order valence-corrected chi connectivity index (χ3v) is 5.59. The summed E-state index contributed by atoms with van der Waals surface area (Å²) in [4.78, 5) is 13.5. The molecule has 0 aromatic heterocycles. The first kappa shape index (κ1) is 10.8. The van der Waals surface area contributed by atoms with Gasteiger partial charge < -0.3 is 4.90 Å². The van der Waals surface area contributed by atoms with Gasteiger partial charge in [0, 0.05) is 55.0 Å². The van der Waals surface area contributed by atoms with Crippen LogP contribution in [-0.4, -0.2) is 52.8 Å². The lowest BCUT2D eigenvalue weighted by molar-refractivity contribution is -0.121. The van der Waals surface area contributed by atoms with Crippen molar-refractivity contribution in [3.8, 4) is 0 Å². The van der Waals surface area contributed by atoms with Crippen molar-refractivity contribution in [2.75, 3.05) is 36.9 Å². The molecule has 4 heteroatoms. The van der Waals surface area contributed by atoms with Gasteiger partial charge in [0.2, 0.25) is 0 Å². The van der Waals surface area contributed by atoms with Crippen LogP contribution in [0.3, 0.4) is 0 Å². The van der Waals surface area contributed by atoms with Crippen molar-refractivity contribution in [2.45, 2.75) is 18.1 Å². The number of piperidine rings is 1. The Balaban J connectivity index is 1.71. The van der Waals surface area contributed by atoms with E-state index in [2.05, 4.69) is 28.4 Å². The molecule has 2 rings (SSSR count). The molecule has 0 spiro atoms. The van der Waals surface area contributed by atoms with Gasteiger partial charge in [-0.05, 0) is 0 Å². The number of ketones is 1. The highest BCUT2D eigenvalue weighted by molar-refractivity contribution is 8.06.